The van der Waals surface area contributed by atoms with Gasteiger partial charge >= 0.3 is 0 Å². The Balaban J connectivity index is 1.94. The number of thioether (sulfide) groups is 1. The summed E-state index contributed by atoms with van der Waals surface area (Å²) in [4.78, 5) is 16.9. The van der Waals surface area contributed by atoms with Crippen molar-refractivity contribution >= 4 is 23.3 Å². The molecule has 3 rings (SSSR count). The van der Waals surface area contributed by atoms with Crippen LogP contribution in [0.5, 0.6) is 11.5 Å². The van der Waals surface area contributed by atoms with Crippen LogP contribution in [0.25, 0.3) is 16.8 Å². The molecule has 3 aromatic rings. The lowest BCUT2D eigenvalue weighted by Gasteiger charge is -2.20. The van der Waals surface area contributed by atoms with E-state index >= 15 is 0 Å². The van der Waals surface area contributed by atoms with E-state index in [0.29, 0.717) is 17.3 Å². The third kappa shape index (κ3) is 4.82. The van der Waals surface area contributed by atoms with Crippen LogP contribution in [-0.2, 0) is 4.79 Å². The lowest BCUT2D eigenvalue weighted by molar-refractivity contribution is -0.119. The number of carbonyl (C=O) groups excluding carboxylic acids is 1. The van der Waals surface area contributed by atoms with Gasteiger partial charge in [-0.25, -0.2) is 9.50 Å². The molecule has 0 atom stereocenters. The average Bonchev–Trinajstić information content (AvgIpc) is 3.07. The fourth-order valence-corrected chi connectivity index (χ4v) is 3.81. The maximum Gasteiger partial charge on any atom is 0.230 e. The quantitative estimate of drug-likeness (QED) is 0.489. The Morgan fingerprint density at radius 2 is 1.90 bits per heavy atom. The molecule has 0 radical (unpaired) electrons. The summed E-state index contributed by atoms with van der Waals surface area (Å²) in [6.45, 7) is 7.83. The van der Waals surface area contributed by atoms with Gasteiger partial charge in [0.05, 0.1) is 26.2 Å². The SMILES string of the molecule is COc1ccc(-c2cnn3c(SCC(=O)NC(C)(C)C)cc(C)nc23)cc1OC. The Kier molecular flexibility index (Phi) is 6.02. The molecular weight excluding hydrogens is 388 g/mol. The number of benzene rings is 1. The summed E-state index contributed by atoms with van der Waals surface area (Å²) in [5.74, 6) is 1.60. The molecule has 2 heterocycles. The molecule has 154 valence electrons. The van der Waals surface area contributed by atoms with Crippen molar-refractivity contribution in [1.29, 1.82) is 0 Å². The van der Waals surface area contributed by atoms with Crippen LogP contribution in [0.3, 0.4) is 0 Å². The highest BCUT2D eigenvalue weighted by atomic mass is 32.2. The van der Waals surface area contributed by atoms with Crippen LogP contribution in [0, 0.1) is 6.92 Å². The van der Waals surface area contributed by atoms with Gasteiger partial charge in [-0.2, -0.15) is 5.10 Å². The molecule has 2 aromatic heterocycles. The molecule has 0 saturated heterocycles. The first-order valence-electron chi connectivity index (χ1n) is 9.23. The summed E-state index contributed by atoms with van der Waals surface area (Å²) in [5.41, 5.74) is 3.15. The summed E-state index contributed by atoms with van der Waals surface area (Å²) in [7, 11) is 3.22. The minimum atomic E-state index is -0.257. The topological polar surface area (TPSA) is 77.8 Å². The number of hydrogen-bond donors (Lipinski definition) is 1. The lowest BCUT2D eigenvalue weighted by atomic mass is 10.1. The second-order valence-electron chi connectivity index (χ2n) is 7.69. The molecule has 7 nitrogen and oxygen atoms in total. The number of carbonyl (C=O) groups is 1. The minimum Gasteiger partial charge on any atom is -0.493 e. The standard InChI is InChI=1S/C21H26N4O3S/c1-13-9-19(29-12-18(26)24-21(2,3)4)25-20(23-13)15(11-22-25)14-7-8-16(27-5)17(10-14)28-6/h7-11H,12H2,1-6H3,(H,24,26). The predicted octanol–water partition coefficient (Wildman–Crippen LogP) is 3.73. The van der Waals surface area contributed by atoms with E-state index in [1.54, 1.807) is 24.9 Å². The number of methoxy groups -OCH3 is 2. The van der Waals surface area contributed by atoms with E-state index in [-0.39, 0.29) is 11.4 Å². The van der Waals surface area contributed by atoms with Gasteiger partial charge in [-0.05, 0) is 51.5 Å². The van der Waals surface area contributed by atoms with Crippen molar-refractivity contribution in [3.63, 3.8) is 0 Å². The van der Waals surface area contributed by atoms with Crippen LogP contribution in [-0.4, -0.2) is 46.0 Å². The Morgan fingerprint density at radius 1 is 1.17 bits per heavy atom. The number of rotatable bonds is 6. The molecule has 0 saturated carbocycles. The molecule has 0 spiro atoms. The van der Waals surface area contributed by atoms with Gasteiger partial charge < -0.3 is 14.8 Å². The van der Waals surface area contributed by atoms with Crippen LogP contribution in [0.15, 0.2) is 35.5 Å². The number of ether oxygens (including phenoxy) is 2. The molecule has 8 heteroatoms. The van der Waals surface area contributed by atoms with E-state index in [1.165, 1.54) is 11.8 Å². The summed E-state index contributed by atoms with van der Waals surface area (Å²) in [6, 6.07) is 7.66. The van der Waals surface area contributed by atoms with E-state index in [1.807, 2.05) is 52.0 Å². The van der Waals surface area contributed by atoms with E-state index in [4.69, 9.17) is 9.47 Å². The van der Waals surface area contributed by atoms with Gasteiger partial charge in [0.1, 0.15) is 5.03 Å². The maximum absolute atomic E-state index is 12.2. The number of fused-ring (bicyclic) bond motifs is 1. The smallest absolute Gasteiger partial charge is 0.230 e. The zero-order valence-corrected chi connectivity index (χ0v) is 18.4. The molecule has 1 N–H and O–H groups in total. The molecule has 0 aliphatic heterocycles. The summed E-state index contributed by atoms with van der Waals surface area (Å²) < 4.78 is 12.5. The van der Waals surface area contributed by atoms with E-state index in [2.05, 4.69) is 15.4 Å². The minimum absolute atomic E-state index is 0.0163. The highest BCUT2D eigenvalue weighted by molar-refractivity contribution is 7.99. The second kappa shape index (κ2) is 8.32. The Hall–Kier alpha value is -2.74. The Bertz CT molecular complexity index is 1040. The number of nitrogens with zero attached hydrogens (tertiary/aromatic N) is 3. The first-order chi connectivity index (χ1) is 13.7. The molecule has 1 aromatic carbocycles. The fourth-order valence-electron chi connectivity index (χ4n) is 2.95. The zero-order chi connectivity index (χ0) is 21.2. The van der Waals surface area contributed by atoms with Gasteiger partial charge in [0.25, 0.3) is 0 Å². The Morgan fingerprint density at radius 3 is 2.55 bits per heavy atom. The molecule has 0 bridgehead atoms. The number of nitrogens with one attached hydrogen (secondary N) is 1. The summed E-state index contributed by atoms with van der Waals surface area (Å²) in [6.07, 6.45) is 1.78. The van der Waals surface area contributed by atoms with Crippen molar-refractivity contribution in [2.75, 3.05) is 20.0 Å². The van der Waals surface area contributed by atoms with Crippen LogP contribution >= 0.6 is 11.8 Å². The van der Waals surface area contributed by atoms with Crippen LogP contribution in [0.4, 0.5) is 0 Å². The van der Waals surface area contributed by atoms with Crippen LogP contribution < -0.4 is 14.8 Å². The van der Waals surface area contributed by atoms with Gasteiger partial charge in [-0.3, -0.25) is 4.79 Å². The van der Waals surface area contributed by atoms with Gasteiger partial charge in [0, 0.05) is 16.8 Å². The van der Waals surface area contributed by atoms with Crippen LogP contribution in [0.1, 0.15) is 26.5 Å². The van der Waals surface area contributed by atoms with E-state index in [0.717, 1.165) is 27.5 Å². The summed E-state index contributed by atoms with van der Waals surface area (Å²) in [5, 5.41) is 8.36. The van der Waals surface area contributed by atoms with Crippen molar-refractivity contribution in [1.82, 2.24) is 19.9 Å². The van der Waals surface area contributed by atoms with Crippen molar-refractivity contribution in [3.05, 3.63) is 36.2 Å². The molecule has 29 heavy (non-hydrogen) atoms. The van der Waals surface area contributed by atoms with E-state index < -0.39 is 0 Å². The average molecular weight is 415 g/mol. The third-order valence-corrected chi connectivity index (χ3v) is 5.12. The molecule has 0 fully saturated rings. The normalized spacial score (nSPS) is 11.5. The van der Waals surface area contributed by atoms with Crippen molar-refractivity contribution in [3.8, 4) is 22.6 Å². The van der Waals surface area contributed by atoms with E-state index in [9.17, 15) is 4.79 Å². The zero-order valence-electron chi connectivity index (χ0n) is 17.6. The fraction of sp³-hybridized carbons (Fsp3) is 0.381. The highest BCUT2D eigenvalue weighted by Gasteiger charge is 2.17. The molecule has 0 aliphatic carbocycles. The number of aryl methyl sites for hydroxylation is 1. The monoisotopic (exact) mass is 414 g/mol. The van der Waals surface area contributed by atoms with Gasteiger partial charge in [0.15, 0.2) is 17.1 Å². The van der Waals surface area contributed by atoms with Gasteiger partial charge in [-0.15, -0.1) is 0 Å². The molecule has 1 amide bonds. The first kappa shape index (κ1) is 21.0. The number of amides is 1. The van der Waals surface area contributed by atoms with Crippen molar-refractivity contribution < 1.29 is 14.3 Å². The molecular formula is C21H26N4O3S. The van der Waals surface area contributed by atoms with Gasteiger partial charge in [-0.1, -0.05) is 17.8 Å². The lowest BCUT2D eigenvalue weighted by Crippen LogP contribution is -2.41. The van der Waals surface area contributed by atoms with Crippen LogP contribution in [0.2, 0.25) is 0 Å². The van der Waals surface area contributed by atoms with Crippen molar-refractivity contribution in [2.45, 2.75) is 38.3 Å². The number of hydrogen-bond acceptors (Lipinski definition) is 6. The third-order valence-electron chi connectivity index (χ3n) is 4.13. The van der Waals surface area contributed by atoms with Crippen molar-refractivity contribution in [2.24, 2.45) is 0 Å². The molecule has 0 aliphatic rings. The van der Waals surface area contributed by atoms with Gasteiger partial charge in [0.2, 0.25) is 5.91 Å². The maximum atomic E-state index is 12.2. The predicted molar refractivity (Wildman–Crippen MR) is 115 cm³/mol. The second-order valence-corrected chi connectivity index (χ2v) is 8.68. The first-order valence-corrected chi connectivity index (χ1v) is 10.2. The highest BCUT2D eigenvalue weighted by Crippen LogP contribution is 2.34. The Labute approximate surface area is 174 Å². The largest absolute Gasteiger partial charge is 0.493 e. The summed E-state index contributed by atoms with van der Waals surface area (Å²) >= 11 is 1.44. The molecule has 0 unspecified atom stereocenters. The number of aromatic nitrogens is 3.